The minimum atomic E-state index is -0.0164. The van der Waals surface area contributed by atoms with Crippen molar-refractivity contribution in [2.75, 3.05) is 0 Å². The first-order chi connectivity index (χ1) is 7.35. The maximum atomic E-state index is 9.09. The highest BCUT2D eigenvalue weighted by molar-refractivity contribution is 7.13. The summed E-state index contributed by atoms with van der Waals surface area (Å²) in [6, 6.07) is 8.01. The van der Waals surface area contributed by atoms with E-state index in [4.69, 9.17) is 10.8 Å². The second kappa shape index (κ2) is 4.53. The molecule has 1 aromatic carbocycles. The summed E-state index contributed by atoms with van der Waals surface area (Å²) in [6.07, 6.45) is 0. The van der Waals surface area contributed by atoms with Crippen LogP contribution in [0.4, 0.5) is 0 Å². The van der Waals surface area contributed by atoms with E-state index in [2.05, 4.69) is 4.98 Å². The fraction of sp³-hybridized carbons (Fsp3) is 0.182. The molecule has 0 spiro atoms. The Morgan fingerprint density at radius 1 is 1.27 bits per heavy atom. The maximum absolute atomic E-state index is 9.09. The molecule has 0 fully saturated rings. The second-order valence-electron chi connectivity index (χ2n) is 3.19. The van der Waals surface area contributed by atoms with E-state index >= 15 is 0 Å². The van der Waals surface area contributed by atoms with E-state index in [-0.39, 0.29) is 6.61 Å². The quantitative estimate of drug-likeness (QED) is 0.828. The molecule has 0 aliphatic carbocycles. The van der Waals surface area contributed by atoms with Gasteiger partial charge in [-0.3, -0.25) is 0 Å². The van der Waals surface area contributed by atoms with Gasteiger partial charge in [0.25, 0.3) is 0 Å². The molecule has 78 valence electrons. The smallest absolute Gasteiger partial charge is 0.0867 e. The van der Waals surface area contributed by atoms with Gasteiger partial charge in [-0.05, 0) is 11.1 Å². The molecule has 0 aliphatic rings. The van der Waals surface area contributed by atoms with Crippen molar-refractivity contribution in [1.29, 1.82) is 0 Å². The summed E-state index contributed by atoms with van der Waals surface area (Å²) in [4.78, 5) is 5.13. The fourth-order valence-corrected chi connectivity index (χ4v) is 2.22. The first-order valence-electron chi connectivity index (χ1n) is 4.67. The Hall–Kier alpha value is -1.23. The lowest BCUT2D eigenvalue weighted by Gasteiger charge is -2.01. The predicted molar refractivity (Wildman–Crippen MR) is 61.4 cm³/mol. The highest BCUT2D eigenvalue weighted by atomic mass is 32.1. The van der Waals surface area contributed by atoms with Crippen molar-refractivity contribution in [3.63, 3.8) is 0 Å². The molecular formula is C11H12N2OS. The Balaban J connectivity index is 2.37. The van der Waals surface area contributed by atoms with Crippen LogP contribution >= 0.6 is 11.3 Å². The van der Waals surface area contributed by atoms with Gasteiger partial charge in [0, 0.05) is 6.54 Å². The minimum absolute atomic E-state index is 0.0164. The molecule has 0 bridgehead atoms. The van der Waals surface area contributed by atoms with Gasteiger partial charge in [0.05, 0.1) is 22.7 Å². The zero-order valence-corrected chi connectivity index (χ0v) is 9.00. The van der Waals surface area contributed by atoms with Crippen molar-refractivity contribution < 1.29 is 5.11 Å². The van der Waals surface area contributed by atoms with Gasteiger partial charge in [0.2, 0.25) is 0 Å². The number of aliphatic hydroxyl groups is 1. The van der Waals surface area contributed by atoms with Gasteiger partial charge < -0.3 is 10.8 Å². The standard InChI is InChI=1S/C11H12N2OS/c12-5-8-1-3-9(4-2-8)11-10(6-14)13-7-15-11/h1-4,7,14H,5-6,12H2. The summed E-state index contributed by atoms with van der Waals surface area (Å²) < 4.78 is 0. The normalized spacial score (nSPS) is 10.5. The average molecular weight is 220 g/mol. The lowest BCUT2D eigenvalue weighted by molar-refractivity contribution is 0.278. The molecule has 1 aromatic heterocycles. The molecule has 2 rings (SSSR count). The van der Waals surface area contributed by atoms with E-state index in [1.54, 1.807) is 5.51 Å². The van der Waals surface area contributed by atoms with Gasteiger partial charge in [-0.2, -0.15) is 0 Å². The first kappa shape index (κ1) is 10.3. The van der Waals surface area contributed by atoms with Crippen LogP contribution in [0, 0.1) is 0 Å². The summed E-state index contributed by atoms with van der Waals surface area (Å²) >= 11 is 1.54. The molecule has 3 N–H and O–H groups in total. The molecule has 1 heterocycles. The molecule has 0 unspecified atom stereocenters. The number of thiazole rings is 1. The van der Waals surface area contributed by atoms with Crippen LogP contribution < -0.4 is 5.73 Å². The molecule has 0 aliphatic heterocycles. The Morgan fingerprint density at radius 2 is 2.00 bits per heavy atom. The van der Waals surface area contributed by atoms with Crippen LogP contribution in [-0.2, 0) is 13.2 Å². The van der Waals surface area contributed by atoms with E-state index in [0.717, 1.165) is 21.7 Å². The number of hydrogen-bond acceptors (Lipinski definition) is 4. The summed E-state index contributed by atoms with van der Waals surface area (Å²) in [5.41, 5.74) is 10.2. The van der Waals surface area contributed by atoms with Crippen LogP contribution in [0.1, 0.15) is 11.3 Å². The van der Waals surface area contributed by atoms with Gasteiger partial charge in [-0.25, -0.2) is 4.98 Å². The Kier molecular flexibility index (Phi) is 3.11. The zero-order chi connectivity index (χ0) is 10.7. The summed E-state index contributed by atoms with van der Waals surface area (Å²) in [5, 5.41) is 9.09. The number of aromatic nitrogens is 1. The van der Waals surface area contributed by atoms with Crippen molar-refractivity contribution in [3.05, 3.63) is 41.0 Å². The molecule has 0 amide bonds. The Bertz CT molecular complexity index is 436. The highest BCUT2D eigenvalue weighted by Crippen LogP contribution is 2.27. The van der Waals surface area contributed by atoms with Crippen LogP contribution in [0.15, 0.2) is 29.8 Å². The number of nitrogens with two attached hydrogens (primary N) is 1. The third-order valence-electron chi connectivity index (χ3n) is 2.24. The lowest BCUT2D eigenvalue weighted by atomic mass is 10.1. The highest BCUT2D eigenvalue weighted by Gasteiger charge is 2.06. The SMILES string of the molecule is NCc1ccc(-c2scnc2CO)cc1. The molecule has 15 heavy (non-hydrogen) atoms. The largest absolute Gasteiger partial charge is 0.390 e. The summed E-state index contributed by atoms with van der Waals surface area (Å²) in [5.74, 6) is 0. The first-order valence-corrected chi connectivity index (χ1v) is 5.55. The van der Waals surface area contributed by atoms with Gasteiger partial charge >= 0.3 is 0 Å². The average Bonchev–Trinajstić information content (AvgIpc) is 2.77. The third kappa shape index (κ3) is 2.07. The van der Waals surface area contributed by atoms with Crippen LogP contribution in [-0.4, -0.2) is 10.1 Å². The van der Waals surface area contributed by atoms with Crippen LogP contribution in [0.5, 0.6) is 0 Å². The molecule has 4 heteroatoms. The van der Waals surface area contributed by atoms with E-state index in [1.807, 2.05) is 24.3 Å². The molecule has 0 atom stereocenters. The fourth-order valence-electron chi connectivity index (χ4n) is 1.41. The number of aliphatic hydroxyl groups excluding tert-OH is 1. The molecule has 2 aromatic rings. The van der Waals surface area contributed by atoms with Gasteiger partial charge in [0.15, 0.2) is 0 Å². The number of benzene rings is 1. The Morgan fingerprint density at radius 3 is 2.60 bits per heavy atom. The van der Waals surface area contributed by atoms with Gasteiger partial charge in [0.1, 0.15) is 0 Å². The van der Waals surface area contributed by atoms with Crippen molar-refractivity contribution in [1.82, 2.24) is 4.98 Å². The van der Waals surface area contributed by atoms with Crippen molar-refractivity contribution in [2.45, 2.75) is 13.2 Å². The van der Waals surface area contributed by atoms with E-state index in [9.17, 15) is 0 Å². The van der Waals surface area contributed by atoms with Gasteiger partial charge in [-0.15, -0.1) is 11.3 Å². The third-order valence-corrected chi connectivity index (χ3v) is 3.16. The van der Waals surface area contributed by atoms with Crippen LogP contribution in [0.2, 0.25) is 0 Å². The predicted octanol–water partition coefficient (Wildman–Crippen LogP) is 1.76. The topological polar surface area (TPSA) is 59.1 Å². The molecule has 0 saturated heterocycles. The van der Waals surface area contributed by atoms with Crippen molar-refractivity contribution in [2.24, 2.45) is 5.73 Å². The molecule has 0 saturated carbocycles. The van der Waals surface area contributed by atoms with Crippen molar-refractivity contribution >= 4 is 11.3 Å². The summed E-state index contributed by atoms with van der Waals surface area (Å²) in [7, 11) is 0. The number of nitrogens with zero attached hydrogens (tertiary/aromatic N) is 1. The number of rotatable bonds is 3. The van der Waals surface area contributed by atoms with E-state index < -0.39 is 0 Å². The van der Waals surface area contributed by atoms with E-state index in [0.29, 0.717) is 6.54 Å². The van der Waals surface area contributed by atoms with Crippen LogP contribution in [0.3, 0.4) is 0 Å². The lowest BCUT2D eigenvalue weighted by Crippen LogP contribution is -1.95. The van der Waals surface area contributed by atoms with Crippen LogP contribution in [0.25, 0.3) is 10.4 Å². The van der Waals surface area contributed by atoms with E-state index in [1.165, 1.54) is 11.3 Å². The zero-order valence-electron chi connectivity index (χ0n) is 8.18. The molecule has 3 nitrogen and oxygen atoms in total. The monoisotopic (exact) mass is 220 g/mol. The van der Waals surface area contributed by atoms with Gasteiger partial charge in [-0.1, -0.05) is 24.3 Å². The number of hydrogen-bond donors (Lipinski definition) is 2. The maximum Gasteiger partial charge on any atom is 0.0867 e. The summed E-state index contributed by atoms with van der Waals surface area (Å²) in [6.45, 7) is 0.535. The molecular weight excluding hydrogens is 208 g/mol. The molecule has 0 radical (unpaired) electrons. The minimum Gasteiger partial charge on any atom is -0.390 e. The van der Waals surface area contributed by atoms with Crippen molar-refractivity contribution in [3.8, 4) is 10.4 Å². The Labute approximate surface area is 92.2 Å². The second-order valence-corrected chi connectivity index (χ2v) is 4.04.